The van der Waals surface area contributed by atoms with Crippen molar-refractivity contribution in [2.45, 2.75) is 52.9 Å². The summed E-state index contributed by atoms with van der Waals surface area (Å²) in [5, 5.41) is 0. The lowest BCUT2D eigenvalue weighted by molar-refractivity contribution is -0.0637. The highest BCUT2D eigenvalue weighted by atomic mass is 16.6. The van der Waals surface area contributed by atoms with Crippen LogP contribution in [0.3, 0.4) is 0 Å². The summed E-state index contributed by atoms with van der Waals surface area (Å²) in [6.07, 6.45) is 0.576. The Hall–Kier alpha value is -0.120. The summed E-state index contributed by atoms with van der Waals surface area (Å²) < 4.78 is 16.3. The van der Waals surface area contributed by atoms with E-state index < -0.39 is 0 Å². The Bertz CT molecular complexity index is 126. The quantitative estimate of drug-likeness (QED) is 0.607. The molecular weight excluding hydrogens is 180 g/mol. The molecule has 0 aromatic rings. The minimum Gasteiger partial charge on any atom is -0.376 e. The monoisotopic (exact) mass is 204 g/mol. The largest absolute Gasteiger partial charge is 0.376 e. The van der Waals surface area contributed by atoms with Crippen LogP contribution in [0.25, 0.3) is 0 Å². The standard InChI is InChI=1S/C11H24O3/c1-6-12-10(4)8-14-11(5)7-13-9(2)3/h9-11H,6-8H2,1-5H3. The summed E-state index contributed by atoms with van der Waals surface area (Å²) in [4.78, 5) is 0. The summed E-state index contributed by atoms with van der Waals surface area (Å²) in [7, 11) is 0. The molecule has 0 aromatic carbocycles. The van der Waals surface area contributed by atoms with Crippen LogP contribution in [0.4, 0.5) is 0 Å². The van der Waals surface area contributed by atoms with E-state index in [1.165, 1.54) is 0 Å². The van der Waals surface area contributed by atoms with Crippen LogP contribution in [0.1, 0.15) is 34.6 Å². The minimum absolute atomic E-state index is 0.139. The molecule has 0 saturated heterocycles. The molecule has 2 atom stereocenters. The van der Waals surface area contributed by atoms with Gasteiger partial charge < -0.3 is 14.2 Å². The first-order valence-electron chi connectivity index (χ1n) is 5.41. The van der Waals surface area contributed by atoms with Crippen LogP contribution in [0, 0.1) is 0 Å². The first kappa shape index (κ1) is 13.9. The Morgan fingerprint density at radius 1 is 0.786 bits per heavy atom. The molecule has 0 aromatic heterocycles. The second-order valence-corrected chi connectivity index (χ2v) is 3.79. The second-order valence-electron chi connectivity index (χ2n) is 3.79. The van der Waals surface area contributed by atoms with E-state index in [0.717, 1.165) is 6.61 Å². The lowest BCUT2D eigenvalue weighted by Gasteiger charge is -2.18. The number of hydrogen-bond acceptors (Lipinski definition) is 3. The molecular formula is C11H24O3. The Balaban J connectivity index is 3.38. The van der Waals surface area contributed by atoms with Crippen LogP contribution in [-0.4, -0.2) is 38.1 Å². The van der Waals surface area contributed by atoms with E-state index in [1.807, 2.05) is 34.6 Å². The summed E-state index contributed by atoms with van der Waals surface area (Å²) in [5.41, 5.74) is 0. The lowest BCUT2D eigenvalue weighted by Crippen LogP contribution is -2.24. The van der Waals surface area contributed by atoms with Crippen molar-refractivity contribution >= 4 is 0 Å². The smallest absolute Gasteiger partial charge is 0.0781 e. The summed E-state index contributed by atoms with van der Waals surface area (Å²) in [5.74, 6) is 0. The van der Waals surface area contributed by atoms with E-state index in [0.29, 0.717) is 13.2 Å². The molecule has 0 aliphatic heterocycles. The SMILES string of the molecule is CCOC(C)COC(C)COC(C)C. The number of rotatable bonds is 8. The summed E-state index contributed by atoms with van der Waals surface area (Å²) >= 11 is 0. The molecule has 14 heavy (non-hydrogen) atoms. The molecule has 0 N–H and O–H groups in total. The average molecular weight is 204 g/mol. The van der Waals surface area contributed by atoms with Gasteiger partial charge in [-0.05, 0) is 34.6 Å². The first-order chi connectivity index (χ1) is 6.56. The van der Waals surface area contributed by atoms with Crippen LogP contribution in [-0.2, 0) is 14.2 Å². The van der Waals surface area contributed by atoms with Crippen LogP contribution in [0.2, 0.25) is 0 Å². The molecule has 0 saturated carbocycles. The van der Waals surface area contributed by atoms with Crippen molar-refractivity contribution in [1.82, 2.24) is 0 Å². The van der Waals surface area contributed by atoms with E-state index in [2.05, 4.69) is 0 Å². The molecule has 3 nitrogen and oxygen atoms in total. The molecule has 0 bridgehead atoms. The van der Waals surface area contributed by atoms with Gasteiger partial charge in [0.15, 0.2) is 0 Å². The van der Waals surface area contributed by atoms with Gasteiger partial charge in [-0.1, -0.05) is 0 Å². The molecule has 0 radical (unpaired) electrons. The molecule has 0 amide bonds. The predicted molar refractivity (Wildman–Crippen MR) is 57.6 cm³/mol. The first-order valence-corrected chi connectivity index (χ1v) is 5.41. The topological polar surface area (TPSA) is 27.7 Å². The fourth-order valence-electron chi connectivity index (χ4n) is 1.01. The van der Waals surface area contributed by atoms with E-state index in [9.17, 15) is 0 Å². The molecule has 86 valence electrons. The van der Waals surface area contributed by atoms with Gasteiger partial charge >= 0.3 is 0 Å². The Morgan fingerprint density at radius 3 is 1.79 bits per heavy atom. The van der Waals surface area contributed by atoms with Crippen molar-refractivity contribution in [3.05, 3.63) is 0 Å². The second kappa shape index (κ2) is 8.21. The van der Waals surface area contributed by atoms with Gasteiger partial charge in [-0.2, -0.15) is 0 Å². The fourth-order valence-corrected chi connectivity index (χ4v) is 1.01. The molecule has 2 unspecified atom stereocenters. The van der Waals surface area contributed by atoms with Gasteiger partial charge in [0.1, 0.15) is 0 Å². The van der Waals surface area contributed by atoms with E-state index in [1.54, 1.807) is 0 Å². The van der Waals surface area contributed by atoms with Crippen molar-refractivity contribution in [2.24, 2.45) is 0 Å². The van der Waals surface area contributed by atoms with Gasteiger partial charge in [0.05, 0.1) is 31.5 Å². The highest BCUT2D eigenvalue weighted by molar-refractivity contribution is 4.52. The van der Waals surface area contributed by atoms with Crippen LogP contribution < -0.4 is 0 Å². The molecule has 0 aliphatic rings. The van der Waals surface area contributed by atoms with E-state index in [4.69, 9.17) is 14.2 Å². The molecule has 0 spiro atoms. The normalized spacial score (nSPS) is 15.9. The van der Waals surface area contributed by atoms with Crippen molar-refractivity contribution in [3.63, 3.8) is 0 Å². The van der Waals surface area contributed by atoms with E-state index >= 15 is 0 Å². The zero-order valence-electron chi connectivity index (χ0n) is 10.1. The van der Waals surface area contributed by atoms with Crippen molar-refractivity contribution in [1.29, 1.82) is 0 Å². The van der Waals surface area contributed by atoms with Crippen molar-refractivity contribution in [2.75, 3.05) is 19.8 Å². The molecule has 0 heterocycles. The number of ether oxygens (including phenoxy) is 3. The van der Waals surface area contributed by atoms with Gasteiger partial charge in [0.2, 0.25) is 0 Å². The van der Waals surface area contributed by atoms with Gasteiger partial charge in [-0.3, -0.25) is 0 Å². The third-order valence-corrected chi connectivity index (χ3v) is 1.73. The Kier molecular flexibility index (Phi) is 8.14. The third kappa shape index (κ3) is 8.48. The van der Waals surface area contributed by atoms with Crippen LogP contribution in [0.15, 0.2) is 0 Å². The summed E-state index contributed by atoms with van der Waals surface area (Å²) in [6.45, 7) is 12.1. The molecule has 0 fully saturated rings. The predicted octanol–water partition coefficient (Wildman–Crippen LogP) is 2.24. The lowest BCUT2D eigenvalue weighted by atomic mass is 10.4. The highest BCUT2D eigenvalue weighted by Gasteiger charge is 2.07. The van der Waals surface area contributed by atoms with Crippen molar-refractivity contribution < 1.29 is 14.2 Å². The zero-order valence-corrected chi connectivity index (χ0v) is 10.1. The van der Waals surface area contributed by atoms with Crippen LogP contribution in [0.5, 0.6) is 0 Å². The minimum atomic E-state index is 0.139. The zero-order chi connectivity index (χ0) is 11.0. The van der Waals surface area contributed by atoms with Crippen LogP contribution >= 0.6 is 0 Å². The Labute approximate surface area is 87.7 Å². The van der Waals surface area contributed by atoms with E-state index in [-0.39, 0.29) is 18.3 Å². The van der Waals surface area contributed by atoms with Crippen molar-refractivity contribution in [3.8, 4) is 0 Å². The molecule has 0 aliphatic carbocycles. The molecule has 3 heteroatoms. The maximum atomic E-state index is 5.56. The molecule has 0 rings (SSSR count). The fraction of sp³-hybridized carbons (Fsp3) is 1.00. The Morgan fingerprint density at radius 2 is 1.29 bits per heavy atom. The maximum absolute atomic E-state index is 5.56. The van der Waals surface area contributed by atoms with Gasteiger partial charge in [-0.15, -0.1) is 0 Å². The highest BCUT2D eigenvalue weighted by Crippen LogP contribution is 1.99. The summed E-state index contributed by atoms with van der Waals surface area (Å²) in [6, 6.07) is 0. The number of hydrogen-bond donors (Lipinski definition) is 0. The average Bonchev–Trinajstić information content (AvgIpc) is 2.12. The van der Waals surface area contributed by atoms with Gasteiger partial charge in [0.25, 0.3) is 0 Å². The van der Waals surface area contributed by atoms with Gasteiger partial charge in [-0.25, -0.2) is 0 Å². The maximum Gasteiger partial charge on any atom is 0.0781 e. The van der Waals surface area contributed by atoms with Gasteiger partial charge in [0, 0.05) is 6.61 Å². The third-order valence-electron chi connectivity index (χ3n) is 1.73.